The molecule has 0 radical (unpaired) electrons. The Morgan fingerprint density at radius 3 is 2.39 bits per heavy atom. The van der Waals surface area contributed by atoms with Crippen LogP contribution < -0.4 is 5.32 Å². The van der Waals surface area contributed by atoms with Gasteiger partial charge in [-0.3, -0.25) is 4.98 Å². The Morgan fingerprint density at radius 1 is 0.964 bits per heavy atom. The number of nitrogens with zero attached hydrogens (tertiary/aromatic N) is 1. The zero-order chi connectivity index (χ0) is 20.4. The van der Waals surface area contributed by atoms with Crippen molar-refractivity contribution in [2.45, 2.75) is 20.3 Å². The first-order valence-corrected chi connectivity index (χ1v) is 8.58. The van der Waals surface area contributed by atoms with Crippen LogP contribution in [-0.2, 0) is 6.42 Å². The molecule has 1 aromatic heterocycles. The number of rotatable bonds is 5. The van der Waals surface area contributed by atoms with E-state index < -0.39 is 23.3 Å². The van der Waals surface area contributed by atoms with E-state index in [2.05, 4.69) is 16.9 Å². The molecule has 0 aliphatic heterocycles. The van der Waals surface area contributed by atoms with E-state index in [0.29, 0.717) is 5.56 Å². The Bertz CT molecular complexity index is 1060. The molecule has 3 rings (SSSR count). The van der Waals surface area contributed by atoms with Crippen molar-refractivity contribution in [1.82, 2.24) is 4.98 Å². The van der Waals surface area contributed by atoms with Crippen molar-refractivity contribution in [2.75, 3.05) is 5.32 Å². The average Bonchev–Trinajstić information content (AvgIpc) is 2.66. The summed E-state index contributed by atoms with van der Waals surface area (Å²) in [7, 11) is 0. The van der Waals surface area contributed by atoms with E-state index in [1.165, 1.54) is 43.5 Å². The summed E-state index contributed by atoms with van der Waals surface area (Å²) in [5.41, 5.74) is 1.05. The molecule has 0 saturated carbocycles. The minimum atomic E-state index is -1.18. The van der Waals surface area contributed by atoms with Gasteiger partial charge in [-0.15, -0.1) is 0 Å². The van der Waals surface area contributed by atoms with Crippen LogP contribution in [0.5, 0.6) is 0 Å². The minimum Gasteiger partial charge on any atom is -0.350 e. The van der Waals surface area contributed by atoms with Crippen LogP contribution in [0.1, 0.15) is 27.9 Å². The van der Waals surface area contributed by atoms with Gasteiger partial charge >= 0.3 is 0 Å². The molecular formula is C22H18F4N2. The summed E-state index contributed by atoms with van der Waals surface area (Å²) in [6, 6.07) is 7.16. The van der Waals surface area contributed by atoms with E-state index in [1.807, 2.05) is 0 Å². The van der Waals surface area contributed by atoms with Crippen molar-refractivity contribution in [2.24, 2.45) is 0 Å². The predicted molar refractivity (Wildman–Crippen MR) is 103 cm³/mol. The van der Waals surface area contributed by atoms with Gasteiger partial charge in [0.1, 0.15) is 11.6 Å². The van der Waals surface area contributed by atoms with Gasteiger partial charge in [-0.2, -0.15) is 0 Å². The summed E-state index contributed by atoms with van der Waals surface area (Å²) in [6.07, 6.45) is 2.58. The van der Waals surface area contributed by atoms with Gasteiger partial charge < -0.3 is 5.32 Å². The maximum atomic E-state index is 14.8. The fourth-order valence-corrected chi connectivity index (χ4v) is 2.92. The highest BCUT2D eigenvalue weighted by atomic mass is 19.2. The molecule has 1 N–H and O–H groups in total. The molecule has 0 spiro atoms. The quantitative estimate of drug-likeness (QED) is 0.526. The molecule has 0 saturated heterocycles. The Labute approximate surface area is 160 Å². The zero-order valence-corrected chi connectivity index (χ0v) is 15.4. The third kappa shape index (κ3) is 3.76. The van der Waals surface area contributed by atoms with Gasteiger partial charge in [0, 0.05) is 18.2 Å². The summed E-state index contributed by atoms with van der Waals surface area (Å²) >= 11 is 0. The number of nitrogens with one attached hydrogen (secondary N) is 1. The van der Waals surface area contributed by atoms with Crippen molar-refractivity contribution >= 4 is 17.5 Å². The van der Waals surface area contributed by atoms with E-state index in [4.69, 9.17) is 0 Å². The predicted octanol–water partition coefficient (Wildman–Crippen LogP) is 6.23. The summed E-state index contributed by atoms with van der Waals surface area (Å²) < 4.78 is 57.8. The first kappa shape index (κ1) is 19.6. The molecule has 144 valence electrons. The van der Waals surface area contributed by atoms with Gasteiger partial charge in [-0.25, -0.2) is 17.6 Å². The molecule has 0 aliphatic carbocycles. The molecule has 0 bridgehead atoms. The maximum absolute atomic E-state index is 14.8. The standard InChI is InChI=1S/C22H18F4N2/c1-4-14-10-16(11-15-7-8-27-13(3)19(15)24)20(25)21(26)22(14)28-18-6-5-12(2)9-17(18)23/h4-10,28H,1,11H2,2-3H3. The Morgan fingerprint density at radius 2 is 1.71 bits per heavy atom. The van der Waals surface area contributed by atoms with Crippen LogP contribution in [0.15, 0.2) is 43.1 Å². The van der Waals surface area contributed by atoms with Crippen molar-refractivity contribution in [3.8, 4) is 0 Å². The van der Waals surface area contributed by atoms with Crippen molar-refractivity contribution in [1.29, 1.82) is 0 Å². The third-order valence-corrected chi connectivity index (χ3v) is 4.44. The second kappa shape index (κ2) is 7.84. The largest absolute Gasteiger partial charge is 0.350 e. The van der Waals surface area contributed by atoms with Crippen LogP contribution >= 0.6 is 0 Å². The fraction of sp³-hybridized carbons (Fsp3) is 0.136. The van der Waals surface area contributed by atoms with Crippen LogP contribution in [0.3, 0.4) is 0 Å². The van der Waals surface area contributed by atoms with Gasteiger partial charge in [0.15, 0.2) is 11.6 Å². The van der Waals surface area contributed by atoms with Crippen LogP contribution in [0, 0.1) is 37.1 Å². The molecule has 1 heterocycles. The maximum Gasteiger partial charge on any atom is 0.183 e. The lowest BCUT2D eigenvalue weighted by Gasteiger charge is -2.15. The number of hydrogen-bond acceptors (Lipinski definition) is 2. The van der Waals surface area contributed by atoms with Crippen LogP contribution in [0.25, 0.3) is 6.08 Å². The van der Waals surface area contributed by atoms with Crippen molar-refractivity contribution in [3.05, 3.63) is 94.3 Å². The van der Waals surface area contributed by atoms with Gasteiger partial charge in [-0.1, -0.05) is 18.7 Å². The van der Waals surface area contributed by atoms with Gasteiger partial charge in [0.25, 0.3) is 0 Å². The lowest BCUT2D eigenvalue weighted by atomic mass is 9.99. The van der Waals surface area contributed by atoms with Crippen LogP contribution in [0.4, 0.5) is 28.9 Å². The van der Waals surface area contributed by atoms with Gasteiger partial charge in [0.05, 0.1) is 17.1 Å². The SMILES string of the molecule is C=Cc1cc(Cc2ccnc(C)c2F)c(F)c(F)c1Nc1ccc(C)cc1F. The number of benzene rings is 2. The summed E-state index contributed by atoms with van der Waals surface area (Å²) in [6.45, 7) is 6.83. The summed E-state index contributed by atoms with van der Waals surface area (Å²) in [5, 5.41) is 2.59. The van der Waals surface area contributed by atoms with Crippen LogP contribution in [-0.4, -0.2) is 4.98 Å². The molecule has 0 aliphatic rings. The fourth-order valence-electron chi connectivity index (χ4n) is 2.92. The average molecular weight is 386 g/mol. The van der Waals surface area contributed by atoms with E-state index >= 15 is 0 Å². The first-order chi connectivity index (χ1) is 13.3. The first-order valence-electron chi connectivity index (χ1n) is 8.58. The molecule has 0 unspecified atom stereocenters. The molecule has 0 amide bonds. The van der Waals surface area contributed by atoms with E-state index in [-0.39, 0.29) is 40.2 Å². The highest BCUT2D eigenvalue weighted by Gasteiger charge is 2.20. The molecule has 2 nitrogen and oxygen atoms in total. The highest BCUT2D eigenvalue weighted by molar-refractivity contribution is 5.73. The molecule has 6 heteroatoms. The molecule has 28 heavy (non-hydrogen) atoms. The number of halogens is 4. The lowest BCUT2D eigenvalue weighted by molar-refractivity contribution is 0.502. The zero-order valence-electron chi connectivity index (χ0n) is 15.4. The molecule has 2 aromatic carbocycles. The van der Waals surface area contributed by atoms with Crippen molar-refractivity contribution < 1.29 is 17.6 Å². The van der Waals surface area contributed by atoms with Gasteiger partial charge in [0.2, 0.25) is 0 Å². The van der Waals surface area contributed by atoms with E-state index in [1.54, 1.807) is 13.0 Å². The highest BCUT2D eigenvalue weighted by Crippen LogP contribution is 2.32. The Hall–Kier alpha value is -3.15. The second-order valence-corrected chi connectivity index (χ2v) is 6.49. The summed E-state index contributed by atoms with van der Waals surface area (Å²) in [4.78, 5) is 3.83. The van der Waals surface area contributed by atoms with Crippen molar-refractivity contribution in [3.63, 3.8) is 0 Å². The number of hydrogen-bond donors (Lipinski definition) is 1. The van der Waals surface area contributed by atoms with E-state index in [0.717, 1.165) is 0 Å². The smallest absolute Gasteiger partial charge is 0.183 e. The lowest BCUT2D eigenvalue weighted by Crippen LogP contribution is -2.06. The number of aryl methyl sites for hydroxylation is 2. The van der Waals surface area contributed by atoms with Crippen LogP contribution in [0.2, 0.25) is 0 Å². The topological polar surface area (TPSA) is 24.9 Å². The normalized spacial score (nSPS) is 10.8. The van der Waals surface area contributed by atoms with E-state index in [9.17, 15) is 17.6 Å². The Balaban J connectivity index is 2.03. The number of anilines is 2. The minimum absolute atomic E-state index is 0.00977. The van der Waals surface area contributed by atoms with Gasteiger partial charge in [-0.05, 0) is 54.8 Å². The summed E-state index contributed by atoms with van der Waals surface area (Å²) in [5.74, 6) is -3.47. The molecular weight excluding hydrogens is 368 g/mol. The number of aromatic nitrogens is 1. The Kier molecular flexibility index (Phi) is 5.49. The number of pyridine rings is 1. The third-order valence-electron chi connectivity index (χ3n) is 4.44. The second-order valence-electron chi connectivity index (χ2n) is 6.49. The molecule has 0 atom stereocenters. The molecule has 0 fully saturated rings. The monoisotopic (exact) mass is 386 g/mol. The molecule has 3 aromatic rings.